The molecule has 3 aliphatic heterocycles. The molecule has 2 aromatic heterocycles. The van der Waals surface area contributed by atoms with Crippen LogP contribution in [-0.4, -0.2) is 46.2 Å². The number of pyridine rings is 1. The van der Waals surface area contributed by atoms with E-state index in [-0.39, 0.29) is 24.0 Å². The molecule has 4 atom stereocenters. The summed E-state index contributed by atoms with van der Waals surface area (Å²) < 4.78 is 11.3. The maximum absolute atomic E-state index is 13.3. The molecular formula is C19H21N3O3. The van der Waals surface area contributed by atoms with Gasteiger partial charge in [0.15, 0.2) is 0 Å². The second-order valence-electron chi connectivity index (χ2n) is 7.70. The Balaban J connectivity index is 1.53. The Morgan fingerprint density at radius 3 is 2.56 bits per heavy atom. The molecule has 4 unspecified atom stereocenters. The molecule has 2 saturated heterocycles. The van der Waals surface area contributed by atoms with Crippen molar-refractivity contribution in [3.63, 3.8) is 0 Å². The number of aryl methyl sites for hydroxylation is 1. The minimum Gasteiger partial charge on any atom is -0.366 e. The van der Waals surface area contributed by atoms with Gasteiger partial charge in [0, 0.05) is 30.6 Å². The van der Waals surface area contributed by atoms with E-state index in [1.54, 1.807) is 0 Å². The second-order valence-corrected chi connectivity index (χ2v) is 7.70. The van der Waals surface area contributed by atoms with Crippen LogP contribution in [0.15, 0.2) is 22.7 Å². The largest absolute Gasteiger partial charge is 0.366 e. The highest BCUT2D eigenvalue weighted by Gasteiger charge is 2.51. The molecule has 0 N–H and O–H groups in total. The van der Waals surface area contributed by atoms with Gasteiger partial charge in [-0.1, -0.05) is 31.2 Å². The van der Waals surface area contributed by atoms with Crippen LogP contribution in [-0.2, 0) is 4.74 Å². The van der Waals surface area contributed by atoms with Gasteiger partial charge in [0.1, 0.15) is 0 Å². The van der Waals surface area contributed by atoms with Gasteiger partial charge in [-0.05, 0) is 18.9 Å². The van der Waals surface area contributed by atoms with Crippen molar-refractivity contribution >= 4 is 17.0 Å². The molecule has 0 spiro atoms. The number of carbonyl (C=O) groups excluding carboxylic acids is 1. The predicted molar refractivity (Wildman–Crippen MR) is 91.3 cm³/mol. The molecule has 0 aromatic carbocycles. The van der Waals surface area contributed by atoms with E-state index in [2.05, 4.69) is 22.3 Å². The van der Waals surface area contributed by atoms with Crippen molar-refractivity contribution in [1.29, 1.82) is 0 Å². The number of nitrogens with zero attached hydrogens (tertiary/aromatic N) is 3. The Morgan fingerprint density at radius 1 is 1.24 bits per heavy atom. The molecular weight excluding hydrogens is 318 g/mol. The number of fused-ring (bicyclic) bond motifs is 6. The number of hydrogen-bond donors (Lipinski definition) is 0. The van der Waals surface area contributed by atoms with Gasteiger partial charge in [-0.3, -0.25) is 4.79 Å². The Labute approximate surface area is 145 Å². The molecule has 1 amide bonds. The van der Waals surface area contributed by atoms with Crippen LogP contribution in [0, 0.1) is 18.8 Å². The zero-order valence-corrected chi connectivity index (χ0v) is 14.6. The first-order valence-corrected chi connectivity index (χ1v) is 8.93. The van der Waals surface area contributed by atoms with E-state index in [0.717, 1.165) is 29.9 Å². The summed E-state index contributed by atoms with van der Waals surface area (Å²) in [6, 6.07) is 1.87. The molecule has 5 rings (SSSR count). The van der Waals surface area contributed by atoms with E-state index in [1.165, 1.54) is 0 Å². The van der Waals surface area contributed by atoms with Gasteiger partial charge in [0.25, 0.3) is 11.6 Å². The van der Waals surface area contributed by atoms with Crippen LogP contribution in [0.1, 0.15) is 41.5 Å². The Morgan fingerprint density at radius 2 is 1.92 bits per heavy atom. The summed E-state index contributed by atoms with van der Waals surface area (Å²) in [7, 11) is 0. The van der Waals surface area contributed by atoms with Crippen LogP contribution in [0.4, 0.5) is 0 Å². The van der Waals surface area contributed by atoms with Gasteiger partial charge in [0.2, 0.25) is 0 Å². The fraction of sp³-hybridized carbons (Fsp3) is 0.526. The first-order valence-electron chi connectivity index (χ1n) is 8.93. The van der Waals surface area contributed by atoms with Gasteiger partial charge in [-0.2, -0.15) is 0 Å². The van der Waals surface area contributed by atoms with E-state index in [9.17, 15) is 4.79 Å². The number of likely N-dealkylation sites (tertiary alicyclic amines) is 1. The van der Waals surface area contributed by atoms with Crippen molar-refractivity contribution in [1.82, 2.24) is 15.0 Å². The zero-order valence-electron chi connectivity index (χ0n) is 14.6. The third-order valence-electron chi connectivity index (χ3n) is 5.73. The lowest BCUT2D eigenvalue weighted by atomic mass is 9.86. The minimum atomic E-state index is 0.0504. The van der Waals surface area contributed by atoms with E-state index < -0.39 is 0 Å². The summed E-state index contributed by atoms with van der Waals surface area (Å²) >= 11 is 0. The molecule has 6 nitrogen and oxygen atoms in total. The molecule has 5 heterocycles. The molecule has 0 radical (unpaired) electrons. The molecule has 0 aliphatic carbocycles. The molecule has 0 saturated carbocycles. The van der Waals surface area contributed by atoms with E-state index in [0.29, 0.717) is 23.1 Å². The smallest absolute Gasteiger partial charge is 0.259 e. The highest BCUT2D eigenvalue weighted by atomic mass is 16.5. The van der Waals surface area contributed by atoms with Crippen LogP contribution < -0.4 is 0 Å². The third-order valence-corrected chi connectivity index (χ3v) is 5.73. The van der Waals surface area contributed by atoms with Crippen molar-refractivity contribution in [2.75, 3.05) is 13.1 Å². The maximum atomic E-state index is 13.3. The topological polar surface area (TPSA) is 68.5 Å². The normalized spacial score (nSPS) is 30.0. The average molecular weight is 339 g/mol. The first-order chi connectivity index (χ1) is 12.0. The number of amides is 1. The van der Waals surface area contributed by atoms with Crippen molar-refractivity contribution in [3.8, 4) is 0 Å². The standard InChI is InChI=1S/C19H21N3O3/c1-9(2)17-16-11(6-10(3)20-18(16)25-21-17)19(23)22-7-12-13(8-22)15-5-4-14(12)24-15/h4-6,9,12-15H,7-8H2,1-3H3. The molecule has 25 heavy (non-hydrogen) atoms. The minimum absolute atomic E-state index is 0.0504. The summed E-state index contributed by atoms with van der Waals surface area (Å²) in [6.45, 7) is 7.48. The van der Waals surface area contributed by atoms with E-state index >= 15 is 0 Å². The average Bonchev–Trinajstić information content (AvgIpc) is 3.32. The van der Waals surface area contributed by atoms with Crippen LogP contribution >= 0.6 is 0 Å². The maximum Gasteiger partial charge on any atom is 0.259 e. The van der Waals surface area contributed by atoms with Crippen molar-refractivity contribution in [2.45, 2.75) is 38.9 Å². The Hall–Kier alpha value is -2.21. The molecule has 2 fully saturated rings. The fourth-order valence-corrected chi connectivity index (χ4v) is 4.52. The lowest BCUT2D eigenvalue weighted by Gasteiger charge is -2.19. The van der Waals surface area contributed by atoms with Gasteiger partial charge >= 0.3 is 0 Å². The highest BCUT2D eigenvalue weighted by Crippen LogP contribution is 2.44. The molecule has 3 aliphatic rings. The van der Waals surface area contributed by atoms with Crippen LogP contribution in [0.5, 0.6) is 0 Å². The van der Waals surface area contributed by atoms with E-state index in [4.69, 9.17) is 9.26 Å². The Kier molecular flexibility index (Phi) is 3.10. The van der Waals surface area contributed by atoms with Crippen molar-refractivity contribution in [2.24, 2.45) is 11.8 Å². The molecule has 2 bridgehead atoms. The quantitative estimate of drug-likeness (QED) is 0.787. The van der Waals surface area contributed by atoms with Gasteiger partial charge in [-0.15, -0.1) is 0 Å². The van der Waals surface area contributed by atoms with Crippen molar-refractivity contribution < 1.29 is 14.1 Å². The number of carbonyl (C=O) groups is 1. The van der Waals surface area contributed by atoms with Crippen molar-refractivity contribution in [3.05, 3.63) is 35.2 Å². The monoisotopic (exact) mass is 339 g/mol. The summed E-state index contributed by atoms with van der Waals surface area (Å²) in [4.78, 5) is 19.7. The Bertz CT molecular complexity index is 881. The first kappa shape index (κ1) is 15.1. The molecule has 2 aromatic rings. The summed E-state index contributed by atoms with van der Waals surface area (Å²) in [5.74, 6) is 1.06. The zero-order chi connectivity index (χ0) is 17.3. The summed E-state index contributed by atoms with van der Waals surface area (Å²) in [5, 5.41) is 4.92. The van der Waals surface area contributed by atoms with Gasteiger partial charge in [0.05, 0.1) is 28.9 Å². The summed E-state index contributed by atoms with van der Waals surface area (Å²) in [5.41, 5.74) is 2.69. The fourth-order valence-electron chi connectivity index (χ4n) is 4.52. The van der Waals surface area contributed by atoms with Gasteiger partial charge in [-0.25, -0.2) is 4.98 Å². The van der Waals surface area contributed by atoms with E-state index in [1.807, 2.05) is 31.7 Å². The second kappa shape index (κ2) is 5.14. The molecule has 130 valence electrons. The molecule has 6 heteroatoms. The number of rotatable bonds is 2. The van der Waals surface area contributed by atoms with Gasteiger partial charge < -0.3 is 14.2 Å². The van der Waals surface area contributed by atoms with Crippen LogP contribution in [0.2, 0.25) is 0 Å². The third kappa shape index (κ3) is 2.10. The number of aromatic nitrogens is 2. The lowest BCUT2D eigenvalue weighted by Crippen LogP contribution is -2.32. The SMILES string of the molecule is Cc1cc(C(=O)N2CC3C4C=CC(O4)C3C2)c2c(C(C)C)noc2n1. The predicted octanol–water partition coefficient (Wildman–Crippen LogP) is 2.68. The highest BCUT2D eigenvalue weighted by molar-refractivity contribution is 6.06. The van der Waals surface area contributed by atoms with Crippen LogP contribution in [0.3, 0.4) is 0 Å². The number of hydrogen-bond acceptors (Lipinski definition) is 5. The van der Waals surface area contributed by atoms with Crippen LogP contribution in [0.25, 0.3) is 11.1 Å². The summed E-state index contributed by atoms with van der Waals surface area (Å²) in [6.07, 6.45) is 4.64. The number of ether oxygens (including phenoxy) is 1. The lowest BCUT2D eigenvalue weighted by molar-refractivity contribution is 0.0657.